The number of fused-ring (bicyclic) bond motifs is 1. The maximum atomic E-state index is 12.5. The number of rotatable bonds is 5. The minimum Gasteiger partial charge on any atom is -0.338 e. The monoisotopic (exact) mass is 296 g/mol. The first kappa shape index (κ1) is 15.0. The summed E-state index contributed by atoms with van der Waals surface area (Å²) in [6.45, 7) is 1.82. The van der Waals surface area contributed by atoms with Crippen molar-refractivity contribution in [2.24, 2.45) is 0 Å². The lowest BCUT2D eigenvalue weighted by Gasteiger charge is -2.24. The van der Waals surface area contributed by atoms with Crippen LogP contribution in [-0.2, 0) is 11.2 Å². The van der Waals surface area contributed by atoms with Gasteiger partial charge in [-0.1, -0.05) is 42.5 Å². The first-order chi connectivity index (χ1) is 10.8. The van der Waals surface area contributed by atoms with Crippen molar-refractivity contribution >= 4 is 16.7 Å². The summed E-state index contributed by atoms with van der Waals surface area (Å²) in [4.78, 5) is 14.5. The summed E-state index contributed by atoms with van der Waals surface area (Å²) in [5.41, 5.74) is 1.25. The number of carbonyl (C=O) groups is 1. The lowest BCUT2D eigenvalue weighted by atomic mass is 10.0. The topological polar surface area (TPSA) is 32.3 Å². The van der Waals surface area contributed by atoms with E-state index in [9.17, 15) is 4.79 Å². The van der Waals surface area contributed by atoms with Gasteiger partial charge in [-0.3, -0.25) is 4.79 Å². The molecule has 3 heteroatoms. The highest BCUT2D eigenvalue weighted by Crippen LogP contribution is 2.20. The van der Waals surface area contributed by atoms with E-state index in [-0.39, 0.29) is 0 Å². The number of carbonyl (C=O) groups excluding carboxylic acids is 1. The summed E-state index contributed by atoms with van der Waals surface area (Å²) < 4.78 is 0. The third kappa shape index (κ3) is 3.30. The number of likely N-dealkylation sites (N-methyl/N-ethyl adjacent to an activating group) is 1. The minimum absolute atomic E-state index is 0.297. The van der Waals surface area contributed by atoms with E-state index in [0.29, 0.717) is 18.4 Å². The zero-order valence-corrected chi connectivity index (χ0v) is 13.2. The zero-order chi connectivity index (χ0) is 15.4. The van der Waals surface area contributed by atoms with Crippen LogP contribution >= 0.6 is 0 Å². The first-order valence-electron chi connectivity index (χ1n) is 8.19. The van der Waals surface area contributed by atoms with Crippen LogP contribution in [0.3, 0.4) is 0 Å². The van der Waals surface area contributed by atoms with Crippen molar-refractivity contribution in [2.45, 2.75) is 31.7 Å². The fraction of sp³-hybridized carbons (Fsp3) is 0.421. The van der Waals surface area contributed by atoms with Gasteiger partial charge in [0.1, 0.15) is 0 Å². The van der Waals surface area contributed by atoms with E-state index in [1.165, 1.54) is 16.3 Å². The van der Waals surface area contributed by atoms with Gasteiger partial charge in [0.05, 0.1) is 0 Å². The summed E-state index contributed by atoms with van der Waals surface area (Å²) in [5.74, 6) is 0.297. The lowest BCUT2D eigenvalue weighted by Crippen LogP contribution is -2.40. The van der Waals surface area contributed by atoms with Gasteiger partial charge < -0.3 is 10.2 Å². The summed E-state index contributed by atoms with van der Waals surface area (Å²) in [6.07, 6.45) is 3.70. The molecule has 1 saturated heterocycles. The molecular formula is C19H24N2O. The molecule has 2 aromatic rings. The molecule has 1 amide bonds. The average Bonchev–Trinajstić information content (AvgIpc) is 3.01. The molecule has 0 radical (unpaired) electrons. The average molecular weight is 296 g/mol. The van der Waals surface area contributed by atoms with Crippen molar-refractivity contribution in [3.63, 3.8) is 0 Å². The Morgan fingerprint density at radius 1 is 1.23 bits per heavy atom. The second kappa shape index (κ2) is 6.93. The Bertz CT molecular complexity index is 653. The quantitative estimate of drug-likeness (QED) is 0.920. The number of nitrogens with zero attached hydrogens (tertiary/aromatic N) is 1. The second-order valence-electron chi connectivity index (χ2n) is 6.12. The Morgan fingerprint density at radius 2 is 2.05 bits per heavy atom. The van der Waals surface area contributed by atoms with Gasteiger partial charge in [0.25, 0.3) is 0 Å². The minimum atomic E-state index is 0.297. The smallest absolute Gasteiger partial charge is 0.223 e. The van der Waals surface area contributed by atoms with Crippen LogP contribution in [0.25, 0.3) is 10.8 Å². The van der Waals surface area contributed by atoms with Crippen LogP contribution in [0.2, 0.25) is 0 Å². The molecule has 0 aromatic heterocycles. The summed E-state index contributed by atoms with van der Waals surface area (Å²) in [6, 6.07) is 15.2. The molecule has 2 aromatic carbocycles. The molecule has 116 valence electrons. The van der Waals surface area contributed by atoms with Crippen LogP contribution in [-0.4, -0.2) is 37.0 Å². The maximum absolute atomic E-state index is 12.5. The number of benzene rings is 2. The van der Waals surface area contributed by atoms with Crippen LogP contribution in [0, 0.1) is 0 Å². The molecule has 0 bridgehead atoms. The van der Waals surface area contributed by atoms with E-state index in [1.807, 2.05) is 7.05 Å². The van der Waals surface area contributed by atoms with Gasteiger partial charge in [0.2, 0.25) is 5.91 Å². The summed E-state index contributed by atoms with van der Waals surface area (Å²) in [5, 5.41) is 5.70. The molecule has 0 spiro atoms. The van der Waals surface area contributed by atoms with E-state index in [1.54, 1.807) is 0 Å². The van der Waals surface area contributed by atoms with Gasteiger partial charge in [-0.05, 0) is 42.6 Å². The molecule has 1 atom stereocenters. The Kier molecular flexibility index (Phi) is 4.74. The summed E-state index contributed by atoms with van der Waals surface area (Å²) in [7, 11) is 1.95. The number of nitrogens with one attached hydrogen (secondary N) is 1. The zero-order valence-electron chi connectivity index (χ0n) is 13.2. The van der Waals surface area contributed by atoms with Crippen molar-refractivity contribution in [1.82, 2.24) is 10.2 Å². The van der Waals surface area contributed by atoms with Gasteiger partial charge in [-0.25, -0.2) is 0 Å². The van der Waals surface area contributed by atoms with E-state index >= 15 is 0 Å². The molecule has 1 N–H and O–H groups in total. The van der Waals surface area contributed by atoms with Crippen molar-refractivity contribution in [1.29, 1.82) is 0 Å². The van der Waals surface area contributed by atoms with Crippen LogP contribution < -0.4 is 5.32 Å². The number of amides is 1. The number of aryl methyl sites for hydroxylation is 1. The number of hydrogen-bond acceptors (Lipinski definition) is 2. The third-order valence-electron chi connectivity index (χ3n) is 4.58. The largest absolute Gasteiger partial charge is 0.338 e. The van der Waals surface area contributed by atoms with Gasteiger partial charge >= 0.3 is 0 Å². The van der Waals surface area contributed by atoms with E-state index in [4.69, 9.17) is 0 Å². The highest BCUT2D eigenvalue weighted by atomic mass is 16.2. The van der Waals surface area contributed by atoms with Crippen LogP contribution in [0.15, 0.2) is 42.5 Å². The molecule has 1 fully saturated rings. The Hall–Kier alpha value is -1.87. The molecule has 1 aliphatic heterocycles. The van der Waals surface area contributed by atoms with Gasteiger partial charge in [0.15, 0.2) is 0 Å². The number of likely N-dealkylation sites (tertiary alicyclic amines) is 1. The Balaban J connectivity index is 1.62. The molecule has 1 aliphatic rings. The highest BCUT2D eigenvalue weighted by molar-refractivity contribution is 5.83. The fourth-order valence-electron chi connectivity index (χ4n) is 3.40. The Morgan fingerprint density at radius 3 is 2.86 bits per heavy atom. The molecule has 1 unspecified atom stereocenters. The standard InChI is InChI=1S/C19H24N2O/c1-20-14-18-7-4-12-21(18)19(22)11-9-15-8-10-16-5-2-3-6-17(16)13-15/h2-3,5-6,8,10,13,18,20H,4,7,9,11-12,14H2,1H3. The lowest BCUT2D eigenvalue weighted by molar-refractivity contribution is -0.131. The van der Waals surface area contributed by atoms with Crippen molar-refractivity contribution in [3.8, 4) is 0 Å². The van der Waals surface area contributed by atoms with Gasteiger partial charge in [-0.15, -0.1) is 0 Å². The maximum Gasteiger partial charge on any atom is 0.223 e. The van der Waals surface area contributed by atoms with Gasteiger partial charge in [-0.2, -0.15) is 0 Å². The molecule has 3 nitrogen and oxygen atoms in total. The normalized spacial score (nSPS) is 18.0. The summed E-state index contributed by atoms with van der Waals surface area (Å²) >= 11 is 0. The highest BCUT2D eigenvalue weighted by Gasteiger charge is 2.27. The van der Waals surface area contributed by atoms with Crippen LogP contribution in [0.4, 0.5) is 0 Å². The van der Waals surface area contributed by atoms with Crippen molar-refractivity contribution < 1.29 is 4.79 Å². The predicted molar refractivity (Wildman–Crippen MR) is 90.9 cm³/mol. The van der Waals surface area contributed by atoms with Crippen molar-refractivity contribution in [3.05, 3.63) is 48.0 Å². The molecule has 3 rings (SSSR count). The second-order valence-corrected chi connectivity index (χ2v) is 6.12. The van der Waals surface area contributed by atoms with Gasteiger partial charge in [0, 0.05) is 25.6 Å². The molecule has 1 heterocycles. The van der Waals surface area contributed by atoms with E-state index in [2.05, 4.69) is 52.7 Å². The number of hydrogen-bond donors (Lipinski definition) is 1. The van der Waals surface area contributed by atoms with Crippen LogP contribution in [0.1, 0.15) is 24.8 Å². The Labute approximate surface area is 132 Å². The predicted octanol–water partition coefficient (Wildman–Crippen LogP) is 2.98. The van der Waals surface area contributed by atoms with E-state index < -0.39 is 0 Å². The molecule has 0 aliphatic carbocycles. The van der Waals surface area contributed by atoms with E-state index in [0.717, 1.165) is 32.4 Å². The van der Waals surface area contributed by atoms with Crippen molar-refractivity contribution in [2.75, 3.05) is 20.1 Å². The molecule has 22 heavy (non-hydrogen) atoms. The molecular weight excluding hydrogens is 272 g/mol. The fourth-order valence-corrected chi connectivity index (χ4v) is 3.40. The SMILES string of the molecule is CNCC1CCCN1C(=O)CCc1ccc2ccccc2c1. The van der Waals surface area contributed by atoms with Crippen LogP contribution in [0.5, 0.6) is 0 Å². The molecule has 0 saturated carbocycles. The first-order valence-corrected chi connectivity index (χ1v) is 8.19. The third-order valence-corrected chi connectivity index (χ3v) is 4.58.